The van der Waals surface area contributed by atoms with E-state index in [-0.39, 0.29) is 12.5 Å². The second kappa shape index (κ2) is 5.20. The van der Waals surface area contributed by atoms with Crippen molar-refractivity contribution in [3.8, 4) is 0 Å². The lowest BCUT2D eigenvalue weighted by molar-refractivity contribution is -0.135. The first kappa shape index (κ1) is 9.39. The highest BCUT2D eigenvalue weighted by atomic mass is 16.5. The maximum Gasteiger partial charge on any atom is 0.262 e. The molecule has 0 aliphatic carbocycles. The first-order chi connectivity index (χ1) is 4.72. The fraction of sp³-hybridized carbons (Fsp3) is 0.833. The van der Waals surface area contributed by atoms with Gasteiger partial charge in [-0.3, -0.25) is 9.80 Å². The summed E-state index contributed by atoms with van der Waals surface area (Å²) in [5, 5.41) is 1.17. The Morgan fingerprint density at radius 3 is 2.70 bits per heavy atom. The molecule has 0 aliphatic rings. The van der Waals surface area contributed by atoms with Gasteiger partial charge in [-0.1, -0.05) is 6.92 Å². The standard InChI is InChI=1S/C6H14N2O2/c1-3-4-8(7)6(9)5-10-2/h3-5,7H2,1-2H3. The van der Waals surface area contributed by atoms with E-state index in [4.69, 9.17) is 5.84 Å². The normalized spacial score (nSPS) is 9.50. The summed E-state index contributed by atoms with van der Waals surface area (Å²) >= 11 is 0. The van der Waals surface area contributed by atoms with Crippen LogP contribution in [-0.2, 0) is 9.53 Å². The third-order valence-corrected chi connectivity index (χ3v) is 1.05. The molecule has 0 rings (SSSR count). The molecule has 0 radical (unpaired) electrons. The van der Waals surface area contributed by atoms with Crippen LogP contribution in [0.3, 0.4) is 0 Å². The molecule has 0 aliphatic heterocycles. The molecule has 0 unspecified atom stereocenters. The van der Waals surface area contributed by atoms with E-state index >= 15 is 0 Å². The summed E-state index contributed by atoms with van der Waals surface area (Å²) in [6.45, 7) is 2.61. The number of methoxy groups -OCH3 is 1. The Balaban J connectivity index is 3.49. The number of rotatable bonds is 4. The molecule has 1 amide bonds. The number of carbonyl (C=O) groups excluding carboxylic acids is 1. The first-order valence-electron chi connectivity index (χ1n) is 3.26. The van der Waals surface area contributed by atoms with Gasteiger partial charge in [-0.15, -0.1) is 0 Å². The number of hydrogen-bond acceptors (Lipinski definition) is 3. The molecule has 0 spiro atoms. The minimum atomic E-state index is -0.177. The third-order valence-electron chi connectivity index (χ3n) is 1.05. The smallest absolute Gasteiger partial charge is 0.262 e. The summed E-state index contributed by atoms with van der Waals surface area (Å²) in [6.07, 6.45) is 0.867. The minimum Gasteiger partial charge on any atom is -0.375 e. The summed E-state index contributed by atoms with van der Waals surface area (Å²) in [5.74, 6) is 5.14. The average Bonchev–Trinajstić information content (AvgIpc) is 1.89. The van der Waals surface area contributed by atoms with Crippen LogP contribution in [0.2, 0.25) is 0 Å². The van der Waals surface area contributed by atoms with Gasteiger partial charge in [0.15, 0.2) is 0 Å². The number of hydrazine groups is 1. The van der Waals surface area contributed by atoms with Crippen LogP contribution in [0.15, 0.2) is 0 Å². The van der Waals surface area contributed by atoms with Crippen LogP contribution in [0.25, 0.3) is 0 Å². The van der Waals surface area contributed by atoms with E-state index in [0.29, 0.717) is 6.54 Å². The Kier molecular flexibility index (Phi) is 4.88. The molecule has 60 valence electrons. The van der Waals surface area contributed by atoms with E-state index in [1.165, 1.54) is 12.1 Å². The van der Waals surface area contributed by atoms with Crippen molar-refractivity contribution in [1.29, 1.82) is 0 Å². The van der Waals surface area contributed by atoms with Crippen LogP contribution in [0, 0.1) is 0 Å². The van der Waals surface area contributed by atoms with Crippen molar-refractivity contribution in [2.24, 2.45) is 5.84 Å². The molecule has 2 N–H and O–H groups in total. The predicted octanol–water partition coefficient (Wildman–Crippen LogP) is -0.255. The molecule has 4 heteroatoms. The van der Waals surface area contributed by atoms with Gasteiger partial charge in [0.1, 0.15) is 6.61 Å². The van der Waals surface area contributed by atoms with E-state index in [2.05, 4.69) is 4.74 Å². The van der Waals surface area contributed by atoms with Crippen LogP contribution in [-0.4, -0.2) is 31.2 Å². The summed E-state index contributed by atoms with van der Waals surface area (Å²) in [5.41, 5.74) is 0. The number of carbonyl (C=O) groups is 1. The van der Waals surface area contributed by atoms with Crippen molar-refractivity contribution in [1.82, 2.24) is 5.01 Å². The Bertz CT molecular complexity index is 106. The second-order valence-electron chi connectivity index (χ2n) is 2.02. The topological polar surface area (TPSA) is 55.6 Å². The van der Waals surface area contributed by atoms with Crippen LogP contribution in [0.4, 0.5) is 0 Å². The number of hydrogen-bond donors (Lipinski definition) is 1. The molecule has 0 bridgehead atoms. The highest BCUT2D eigenvalue weighted by Crippen LogP contribution is 1.84. The van der Waals surface area contributed by atoms with Crippen molar-refractivity contribution in [2.75, 3.05) is 20.3 Å². The Labute approximate surface area is 60.9 Å². The van der Waals surface area contributed by atoms with Crippen LogP contribution in [0.1, 0.15) is 13.3 Å². The summed E-state index contributed by atoms with van der Waals surface area (Å²) in [6, 6.07) is 0. The molecule has 4 nitrogen and oxygen atoms in total. The fourth-order valence-electron chi connectivity index (χ4n) is 0.572. The van der Waals surface area contributed by atoms with Crippen LogP contribution in [0.5, 0.6) is 0 Å². The zero-order valence-corrected chi connectivity index (χ0v) is 6.46. The van der Waals surface area contributed by atoms with Gasteiger partial charge in [0.25, 0.3) is 5.91 Å². The summed E-state index contributed by atoms with van der Waals surface area (Å²) in [7, 11) is 1.47. The fourth-order valence-corrected chi connectivity index (χ4v) is 0.572. The maximum atomic E-state index is 10.8. The van der Waals surface area contributed by atoms with Gasteiger partial charge in [0.05, 0.1) is 0 Å². The number of ether oxygens (including phenoxy) is 1. The molecule has 10 heavy (non-hydrogen) atoms. The number of amides is 1. The largest absolute Gasteiger partial charge is 0.375 e. The van der Waals surface area contributed by atoms with E-state index in [0.717, 1.165) is 6.42 Å². The molecule has 0 fully saturated rings. The SMILES string of the molecule is CCCN(N)C(=O)COC. The molecular weight excluding hydrogens is 132 g/mol. The van der Waals surface area contributed by atoms with Gasteiger partial charge in [-0.2, -0.15) is 0 Å². The van der Waals surface area contributed by atoms with E-state index in [9.17, 15) is 4.79 Å². The Morgan fingerprint density at radius 2 is 2.30 bits per heavy atom. The maximum absolute atomic E-state index is 10.8. The molecule has 0 aromatic rings. The van der Waals surface area contributed by atoms with Gasteiger partial charge in [0, 0.05) is 13.7 Å². The van der Waals surface area contributed by atoms with Gasteiger partial charge >= 0.3 is 0 Å². The molecule has 0 heterocycles. The lowest BCUT2D eigenvalue weighted by atomic mass is 10.4. The molecule has 0 aromatic heterocycles. The molecular formula is C6H14N2O2. The summed E-state index contributed by atoms with van der Waals surface area (Å²) in [4.78, 5) is 10.8. The zero-order valence-electron chi connectivity index (χ0n) is 6.46. The van der Waals surface area contributed by atoms with Crippen molar-refractivity contribution in [3.63, 3.8) is 0 Å². The molecule has 0 atom stereocenters. The Hall–Kier alpha value is -0.610. The minimum absolute atomic E-state index is 0.0660. The zero-order chi connectivity index (χ0) is 7.98. The first-order valence-corrected chi connectivity index (χ1v) is 3.26. The highest BCUT2D eigenvalue weighted by molar-refractivity contribution is 5.76. The second-order valence-corrected chi connectivity index (χ2v) is 2.02. The van der Waals surface area contributed by atoms with Crippen LogP contribution >= 0.6 is 0 Å². The average molecular weight is 146 g/mol. The lowest BCUT2D eigenvalue weighted by Gasteiger charge is -2.13. The van der Waals surface area contributed by atoms with Gasteiger partial charge in [-0.25, -0.2) is 5.84 Å². The molecule has 0 saturated heterocycles. The molecule has 0 aromatic carbocycles. The van der Waals surface area contributed by atoms with E-state index in [1.807, 2.05) is 6.92 Å². The van der Waals surface area contributed by atoms with Crippen molar-refractivity contribution in [3.05, 3.63) is 0 Å². The van der Waals surface area contributed by atoms with Gasteiger partial charge < -0.3 is 4.74 Å². The monoisotopic (exact) mass is 146 g/mol. The third kappa shape index (κ3) is 3.42. The van der Waals surface area contributed by atoms with E-state index in [1.54, 1.807) is 0 Å². The summed E-state index contributed by atoms with van der Waals surface area (Å²) < 4.78 is 4.60. The van der Waals surface area contributed by atoms with E-state index < -0.39 is 0 Å². The van der Waals surface area contributed by atoms with Crippen molar-refractivity contribution >= 4 is 5.91 Å². The quantitative estimate of drug-likeness (QED) is 0.338. The van der Waals surface area contributed by atoms with Crippen LogP contribution < -0.4 is 5.84 Å². The van der Waals surface area contributed by atoms with Crippen molar-refractivity contribution < 1.29 is 9.53 Å². The predicted molar refractivity (Wildman–Crippen MR) is 38.1 cm³/mol. The van der Waals surface area contributed by atoms with Crippen molar-refractivity contribution in [2.45, 2.75) is 13.3 Å². The number of nitrogens with two attached hydrogens (primary N) is 1. The van der Waals surface area contributed by atoms with Gasteiger partial charge in [0.2, 0.25) is 0 Å². The highest BCUT2D eigenvalue weighted by Gasteiger charge is 2.05. The lowest BCUT2D eigenvalue weighted by Crippen LogP contribution is -2.40. The molecule has 0 saturated carbocycles. The number of nitrogens with zero attached hydrogens (tertiary/aromatic N) is 1. The Morgan fingerprint density at radius 1 is 1.70 bits per heavy atom. The van der Waals surface area contributed by atoms with Gasteiger partial charge in [-0.05, 0) is 6.42 Å².